The summed E-state index contributed by atoms with van der Waals surface area (Å²) in [5, 5.41) is 4.08. The molecule has 0 saturated carbocycles. The topological polar surface area (TPSA) is 57.0 Å². The van der Waals surface area contributed by atoms with Crippen LogP contribution in [0.3, 0.4) is 0 Å². The molecule has 0 aromatic carbocycles. The second-order valence-corrected chi connectivity index (χ2v) is 4.37. The number of carbonyl (C=O) groups excluding carboxylic acids is 1. The van der Waals surface area contributed by atoms with E-state index < -0.39 is 0 Å². The molecule has 0 bridgehead atoms. The van der Waals surface area contributed by atoms with E-state index in [0.717, 1.165) is 17.7 Å². The third-order valence-corrected chi connectivity index (χ3v) is 2.99. The first-order valence-corrected chi connectivity index (χ1v) is 6.16. The Hall–Kier alpha value is -2.17. The summed E-state index contributed by atoms with van der Waals surface area (Å²) in [4.78, 5) is 16.0. The van der Waals surface area contributed by atoms with Crippen LogP contribution in [-0.2, 0) is 24.7 Å². The van der Waals surface area contributed by atoms with E-state index in [1.165, 1.54) is 0 Å². The maximum Gasteiger partial charge on any atom is 0.212 e. The number of Topliss-reactive ketones (excluding diaryl/α,β-unsaturated/α-hetero) is 1. The van der Waals surface area contributed by atoms with Crippen LogP contribution in [-0.4, -0.2) is 27.7 Å². The number of aryl methyl sites for hydroxylation is 2. The van der Waals surface area contributed by atoms with E-state index in [1.54, 1.807) is 30.3 Å². The van der Waals surface area contributed by atoms with Crippen molar-refractivity contribution in [3.63, 3.8) is 0 Å². The van der Waals surface area contributed by atoms with E-state index in [2.05, 4.69) is 10.1 Å². The number of rotatable bonds is 6. The fraction of sp³-hybridized carbons (Fsp3) is 0.357. The molecule has 0 aliphatic carbocycles. The number of methoxy groups -OCH3 is 1. The summed E-state index contributed by atoms with van der Waals surface area (Å²) in [7, 11) is 3.45. The lowest BCUT2D eigenvalue weighted by molar-refractivity contribution is -0.118. The molecule has 0 fully saturated rings. The molecule has 2 aromatic rings. The van der Waals surface area contributed by atoms with Crippen molar-refractivity contribution in [2.45, 2.75) is 19.3 Å². The molecule has 0 radical (unpaired) electrons. The van der Waals surface area contributed by atoms with Crippen molar-refractivity contribution in [1.29, 1.82) is 0 Å². The summed E-state index contributed by atoms with van der Waals surface area (Å²) in [6.45, 7) is 0. The van der Waals surface area contributed by atoms with Gasteiger partial charge in [-0.3, -0.25) is 9.48 Å². The van der Waals surface area contributed by atoms with E-state index >= 15 is 0 Å². The van der Waals surface area contributed by atoms with Crippen molar-refractivity contribution < 1.29 is 9.53 Å². The van der Waals surface area contributed by atoms with Crippen molar-refractivity contribution in [1.82, 2.24) is 14.8 Å². The molecule has 0 spiro atoms. The molecule has 5 heteroatoms. The summed E-state index contributed by atoms with van der Waals surface area (Å²) in [5.74, 6) is 0.763. The Bertz CT molecular complexity index is 546. The Morgan fingerprint density at radius 3 is 2.79 bits per heavy atom. The van der Waals surface area contributed by atoms with E-state index in [-0.39, 0.29) is 5.78 Å². The lowest BCUT2D eigenvalue weighted by atomic mass is 10.1. The molecule has 0 N–H and O–H groups in total. The maximum absolute atomic E-state index is 11.9. The van der Waals surface area contributed by atoms with Crippen LogP contribution in [0.5, 0.6) is 5.88 Å². The average molecular weight is 259 g/mol. The zero-order valence-electron chi connectivity index (χ0n) is 11.2. The van der Waals surface area contributed by atoms with Crippen molar-refractivity contribution in [3.05, 3.63) is 41.9 Å². The summed E-state index contributed by atoms with van der Waals surface area (Å²) in [5.41, 5.74) is 1.98. The number of aromatic nitrogens is 3. The van der Waals surface area contributed by atoms with Gasteiger partial charge in [-0.25, -0.2) is 4.98 Å². The van der Waals surface area contributed by atoms with E-state index in [9.17, 15) is 4.79 Å². The fourth-order valence-electron chi connectivity index (χ4n) is 1.87. The second-order valence-electron chi connectivity index (χ2n) is 4.37. The first kappa shape index (κ1) is 13.3. The summed E-state index contributed by atoms with van der Waals surface area (Å²) >= 11 is 0. The molecule has 0 saturated heterocycles. The van der Waals surface area contributed by atoms with Crippen LogP contribution in [0.4, 0.5) is 0 Å². The lowest BCUT2D eigenvalue weighted by Gasteiger charge is -2.03. The SMILES string of the molecule is COc1ccc(CC(=O)CCc2ccnn2C)cn1. The Balaban J connectivity index is 1.85. The molecular weight excluding hydrogens is 242 g/mol. The molecule has 0 atom stereocenters. The van der Waals surface area contributed by atoms with Crippen LogP contribution >= 0.6 is 0 Å². The van der Waals surface area contributed by atoms with Gasteiger partial charge in [0.15, 0.2) is 0 Å². The molecule has 0 amide bonds. The van der Waals surface area contributed by atoms with Crippen molar-refractivity contribution in [3.8, 4) is 5.88 Å². The summed E-state index contributed by atoms with van der Waals surface area (Å²) in [6, 6.07) is 5.57. The largest absolute Gasteiger partial charge is 0.481 e. The molecule has 2 aromatic heterocycles. The molecule has 0 unspecified atom stereocenters. The monoisotopic (exact) mass is 259 g/mol. The first-order valence-electron chi connectivity index (χ1n) is 6.16. The molecular formula is C14H17N3O2. The smallest absolute Gasteiger partial charge is 0.212 e. The standard InChI is InChI=1S/C14H17N3O2/c1-17-12(7-8-16-17)4-5-13(18)9-11-3-6-14(19-2)15-10-11/h3,6-8,10H,4-5,9H2,1-2H3. The van der Waals surface area contributed by atoms with Gasteiger partial charge in [0, 0.05) is 44.0 Å². The Morgan fingerprint density at radius 2 is 2.21 bits per heavy atom. The first-order chi connectivity index (χ1) is 9.19. The van der Waals surface area contributed by atoms with Gasteiger partial charge >= 0.3 is 0 Å². The summed E-state index contributed by atoms with van der Waals surface area (Å²) in [6.07, 6.45) is 5.08. The average Bonchev–Trinajstić information content (AvgIpc) is 2.83. The number of ketones is 1. The Morgan fingerprint density at radius 1 is 1.37 bits per heavy atom. The van der Waals surface area contributed by atoms with Crippen LogP contribution in [0, 0.1) is 0 Å². The highest BCUT2D eigenvalue weighted by Gasteiger charge is 2.07. The second kappa shape index (κ2) is 6.13. The highest BCUT2D eigenvalue weighted by molar-refractivity contribution is 5.80. The van der Waals surface area contributed by atoms with Gasteiger partial charge in [0.1, 0.15) is 5.78 Å². The fourth-order valence-corrected chi connectivity index (χ4v) is 1.87. The predicted molar refractivity (Wildman–Crippen MR) is 71.0 cm³/mol. The minimum atomic E-state index is 0.202. The van der Waals surface area contributed by atoms with Gasteiger partial charge in [0.05, 0.1) is 7.11 Å². The molecule has 2 rings (SSSR count). The third kappa shape index (κ3) is 3.64. The van der Waals surface area contributed by atoms with Gasteiger partial charge in [-0.15, -0.1) is 0 Å². The zero-order valence-corrected chi connectivity index (χ0v) is 11.2. The van der Waals surface area contributed by atoms with Crippen molar-refractivity contribution in [2.24, 2.45) is 7.05 Å². The van der Waals surface area contributed by atoms with E-state index in [0.29, 0.717) is 18.7 Å². The predicted octanol–water partition coefficient (Wildman–Crippen LogP) is 1.57. The van der Waals surface area contributed by atoms with E-state index in [1.807, 2.05) is 19.2 Å². The highest BCUT2D eigenvalue weighted by Crippen LogP contribution is 2.09. The van der Waals surface area contributed by atoms with Crippen molar-refractivity contribution in [2.75, 3.05) is 7.11 Å². The molecule has 0 aliphatic heterocycles. The number of hydrogen-bond donors (Lipinski definition) is 0. The third-order valence-electron chi connectivity index (χ3n) is 2.99. The molecule has 19 heavy (non-hydrogen) atoms. The van der Waals surface area contributed by atoms with Crippen LogP contribution in [0.15, 0.2) is 30.6 Å². The van der Waals surface area contributed by atoms with E-state index in [4.69, 9.17) is 4.74 Å². The Labute approximate surface area is 112 Å². The van der Waals surface area contributed by atoms with Crippen LogP contribution in [0.25, 0.3) is 0 Å². The van der Waals surface area contributed by atoms with Crippen LogP contribution < -0.4 is 4.74 Å². The molecule has 5 nitrogen and oxygen atoms in total. The van der Waals surface area contributed by atoms with Crippen LogP contribution in [0.1, 0.15) is 17.7 Å². The van der Waals surface area contributed by atoms with Gasteiger partial charge in [0.2, 0.25) is 5.88 Å². The summed E-state index contributed by atoms with van der Waals surface area (Å²) < 4.78 is 6.77. The maximum atomic E-state index is 11.9. The Kier molecular flexibility index (Phi) is 4.28. The number of nitrogens with zero attached hydrogens (tertiary/aromatic N) is 3. The van der Waals surface area contributed by atoms with Gasteiger partial charge in [-0.05, 0) is 18.1 Å². The zero-order chi connectivity index (χ0) is 13.7. The number of ether oxygens (including phenoxy) is 1. The quantitative estimate of drug-likeness (QED) is 0.790. The number of pyridine rings is 1. The molecule has 2 heterocycles. The molecule has 100 valence electrons. The number of hydrogen-bond acceptors (Lipinski definition) is 4. The normalized spacial score (nSPS) is 10.4. The highest BCUT2D eigenvalue weighted by atomic mass is 16.5. The molecule has 0 aliphatic rings. The minimum Gasteiger partial charge on any atom is -0.481 e. The number of carbonyl (C=O) groups is 1. The van der Waals surface area contributed by atoms with Gasteiger partial charge in [0.25, 0.3) is 0 Å². The van der Waals surface area contributed by atoms with Gasteiger partial charge in [-0.2, -0.15) is 5.10 Å². The lowest BCUT2D eigenvalue weighted by Crippen LogP contribution is -2.07. The minimum absolute atomic E-state index is 0.202. The van der Waals surface area contributed by atoms with Crippen LogP contribution in [0.2, 0.25) is 0 Å². The van der Waals surface area contributed by atoms with Gasteiger partial charge in [-0.1, -0.05) is 6.07 Å². The van der Waals surface area contributed by atoms with Gasteiger partial charge < -0.3 is 4.74 Å². The van der Waals surface area contributed by atoms with Crippen molar-refractivity contribution >= 4 is 5.78 Å².